The van der Waals surface area contributed by atoms with E-state index in [9.17, 15) is 19.5 Å². The zero-order valence-electron chi connectivity index (χ0n) is 17.9. The van der Waals surface area contributed by atoms with Gasteiger partial charge in [0.1, 0.15) is 5.00 Å². The highest BCUT2D eigenvalue weighted by molar-refractivity contribution is 7.17. The molecule has 0 saturated heterocycles. The molecule has 5 atom stereocenters. The minimum absolute atomic E-state index is 0.0310. The monoisotopic (exact) mass is 442 g/mol. The molecule has 2 amide bonds. The molecule has 1 heterocycles. The molecule has 2 saturated carbocycles. The summed E-state index contributed by atoms with van der Waals surface area (Å²) in [6.07, 6.45) is 11.8. The Morgan fingerprint density at radius 3 is 2.48 bits per heavy atom. The van der Waals surface area contributed by atoms with Crippen molar-refractivity contribution in [2.24, 2.45) is 29.6 Å². The lowest BCUT2D eigenvalue weighted by molar-refractivity contribution is -0.146. The van der Waals surface area contributed by atoms with Gasteiger partial charge < -0.3 is 15.7 Å². The predicted octanol–water partition coefficient (Wildman–Crippen LogP) is 4.01. The van der Waals surface area contributed by atoms with Crippen LogP contribution in [0.5, 0.6) is 0 Å². The summed E-state index contributed by atoms with van der Waals surface area (Å²) < 4.78 is 0. The summed E-state index contributed by atoms with van der Waals surface area (Å²) in [4.78, 5) is 39.6. The van der Waals surface area contributed by atoms with E-state index in [0.717, 1.165) is 56.9 Å². The van der Waals surface area contributed by atoms with Gasteiger partial charge in [0.05, 0.1) is 17.4 Å². The molecule has 0 unspecified atom stereocenters. The first-order valence-corrected chi connectivity index (χ1v) is 12.4. The smallest absolute Gasteiger partial charge is 0.307 e. The Bertz CT molecular complexity index is 946. The van der Waals surface area contributed by atoms with Gasteiger partial charge in [-0.25, -0.2) is 0 Å². The third-order valence-electron chi connectivity index (χ3n) is 7.71. The lowest BCUT2D eigenvalue weighted by atomic mass is 9.82. The number of allylic oxidation sites excluding steroid dienone is 2. The highest BCUT2D eigenvalue weighted by atomic mass is 32.1. The van der Waals surface area contributed by atoms with Crippen molar-refractivity contribution in [3.63, 3.8) is 0 Å². The number of carboxylic acid groups (broad SMARTS) is 1. The fourth-order valence-electron chi connectivity index (χ4n) is 6.12. The Balaban J connectivity index is 1.43. The largest absolute Gasteiger partial charge is 0.481 e. The Kier molecular flexibility index (Phi) is 5.40. The summed E-state index contributed by atoms with van der Waals surface area (Å²) in [5.41, 5.74) is 1.70. The van der Waals surface area contributed by atoms with Crippen LogP contribution in [-0.4, -0.2) is 28.9 Å². The van der Waals surface area contributed by atoms with Crippen molar-refractivity contribution >= 4 is 34.1 Å². The van der Waals surface area contributed by atoms with E-state index in [1.54, 1.807) is 0 Å². The molecular formula is C24H30N2O4S. The lowest BCUT2D eigenvalue weighted by Gasteiger charge is -2.24. The Morgan fingerprint density at radius 1 is 1.06 bits per heavy atom. The minimum Gasteiger partial charge on any atom is -0.481 e. The van der Waals surface area contributed by atoms with Crippen LogP contribution in [0.1, 0.15) is 66.2 Å². The molecule has 3 N–H and O–H groups in total. The number of carboxylic acids is 1. The van der Waals surface area contributed by atoms with Gasteiger partial charge in [0.2, 0.25) is 5.91 Å². The summed E-state index contributed by atoms with van der Waals surface area (Å²) in [5.74, 6) is -2.04. The highest BCUT2D eigenvalue weighted by Gasteiger charge is 2.51. The molecule has 0 spiro atoms. The van der Waals surface area contributed by atoms with Crippen molar-refractivity contribution in [1.29, 1.82) is 0 Å². The van der Waals surface area contributed by atoms with Crippen LogP contribution in [-0.2, 0) is 22.4 Å². The molecule has 4 aliphatic carbocycles. The van der Waals surface area contributed by atoms with Crippen molar-refractivity contribution in [3.05, 3.63) is 28.2 Å². The van der Waals surface area contributed by atoms with Crippen LogP contribution in [0.3, 0.4) is 0 Å². The fraction of sp³-hybridized carbons (Fsp3) is 0.625. The zero-order valence-corrected chi connectivity index (χ0v) is 18.7. The third-order valence-corrected chi connectivity index (χ3v) is 8.88. The second-order valence-corrected chi connectivity index (χ2v) is 10.9. The number of fused-ring (bicyclic) bond motifs is 3. The highest BCUT2D eigenvalue weighted by Crippen LogP contribution is 2.49. The van der Waals surface area contributed by atoms with Gasteiger partial charge >= 0.3 is 5.97 Å². The summed E-state index contributed by atoms with van der Waals surface area (Å²) in [6, 6.07) is 0.209. The second kappa shape index (κ2) is 8.08. The van der Waals surface area contributed by atoms with E-state index >= 15 is 0 Å². The van der Waals surface area contributed by atoms with Gasteiger partial charge in [0.15, 0.2) is 0 Å². The number of thiophene rings is 1. The molecule has 6 nitrogen and oxygen atoms in total. The molecule has 0 aliphatic heterocycles. The Labute approximate surface area is 186 Å². The maximum atomic E-state index is 13.3. The van der Waals surface area contributed by atoms with Crippen molar-refractivity contribution in [3.8, 4) is 0 Å². The number of rotatable bonds is 5. The number of aliphatic carboxylic acids is 1. The first-order chi connectivity index (χ1) is 14.9. The van der Waals surface area contributed by atoms with Crippen LogP contribution in [0, 0.1) is 29.6 Å². The molecule has 1 aromatic heterocycles. The SMILES string of the molecule is C[C@H]1CCc2c(sc(NC(=O)[C@@H]3[C@@H](C(=O)O)[C@H]4C=C[C@H]3C4)c2C(=O)NC2CCCC2)C1. The molecule has 4 aliphatic rings. The molecule has 166 valence electrons. The van der Waals surface area contributed by atoms with Crippen LogP contribution in [0.2, 0.25) is 0 Å². The number of hydrogen-bond donors (Lipinski definition) is 3. The van der Waals surface area contributed by atoms with Gasteiger partial charge in [-0.1, -0.05) is 31.9 Å². The fourth-order valence-corrected chi connectivity index (χ4v) is 7.53. The molecule has 31 heavy (non-hydrogen) atoms. The van der Waals surface area contributed by atoms with Crippen LogP contribution in [0.15, 0.2) is 12.2 Å². The lowest BCUT2D eigenvalue weighted by Crippen LogP contribution is -2.37. The van der Waals surface area contributed by atoms with Gasteiger partial charge in [-0.2, -0.15) is 0 Å². The molecule has 7 heteroatoms. The van der Waals surface area contributed by atoms with E-state index in [0.29, 0.717) is 16.5 Å². The van der Waals surface area contributed by atoms with Crippen LogP contribution in [0.25, 0.3) is 0 Å². The van der Waals surface area contributed by atoms with Gasteiger partial charge in [-0.15, -0.1) is 11.3 Å². The summed E-state index contributed by atoms with van der Waals surface area (Å²) in [6.45, 7) is 2.22. The number of hydrogen-bond acceptors (Lipinski definition) is 4. The van der Waals surface area contributed by atoms with E-state index in [4.69, 9.17) is 0 Å². The summed E-state index contributed by atoms with van der Waals surface area (Å²) in [5, 5.41) is 16.5. The Hall–Kier alpha value is -2.15. The average molecular weight is 443 g/mol. The number of carbonyl (C=O) groups is 3. The van der Waals surface area contributed by atoms with Gasteiger partial charge in [-0.05, 0) is 61.8 Å². The maximum Gasteiger partial charge on any atom is 0.307 e. The predicted molar refractivity (Wildman–Crippen MR) is 119 cm³/mol. The molecule has 0 aromatic carbocycles. The van der Waals surface area contributed by atoms with E-state index in [2.05, 4.69) is 17.6 Å². The van der Waals surface area contributed by atoms with Crippen molar-refractivity contribution in [2.45, 2.75) is 64.3 Å². The number of amides is 2. The Morgan fingerprint density at radius 2 is 1.77 bits per heavy atom. The quantitative estimate of drug-likeness (QED) is 0.601. The van der Waals surface area contributed by atoms with Crippen molar-refractivity contribution < 1.29 is 19.5 Å². The number of nitrogens with one attached hydrogen (secondary N) is 2. The van der Waals surface area contributed by atoms with Gasteiger partial charge in [0, 0.05) is 10.9 Å². The van der Waals surface area contributed by atoms with Crippen molar-refractivity contribution in [2.75, 3.05) is 5.32 Å². The maximum absolute atomic E-state index is 13.3. The summed E-state index contributed by atoms with van der Waals surface area (Å²) in [7, 11) is 0. The second-order valence-electron chi connectivity index (χ2n) is 9.84. The molecule has 1 aromatic rings. The van der Waals surface area contributed by atoms with E-state index in [1.807, 2.05) is 12.2 Å². The standard InChI is InChI=1S/C24H30N2O4S/c1-12-6-9-16-17(10-12)31-23(20(16)22(28)25-15-4-2-3-5-15)26-21(27)18-13-7-8-14(11-13)19(18)24(29)30/h7-8,12-15,18-19H,2-6,9-11H2,1H3,(H,25,28)(H,26,27)(H,29,30)/t12-,13-,14-,18-,19-/m0/s1. The molecular weight excluding hydrogens is 412 g/mol. The van der Waals surface area contributed by atoms with Gasteiger partial charge in [0.25, 0.3) is 5.91 Å². The number of anilines is 1. The van der Waals surface area contributed by atoms with Gasteiger partial charge in [-0.3, -0.25) is 14.4 Å². The minimum atomic E-state index is -0.907. The van der Waals surface area contributed by atoms with Crippen LogP contribution < -0.4 is 10.6 Å². The number of carbonyl (C=O) groups excluding carboxylic acids is 2. The first kappa shape index (κ1) is 20.7. The summed E-state index contributed by atoms with van der Waals surface area (Å²) >= 11 is 1.51. The molecule has 2 fully saturated rings. The van der Waals surface area contributed by atoms with Crippen LogP contribution >= 0.6 is 11.3 Å². The van der Waals surface area contributed by atoms with E-state index in [1.165, 1.54) is 16.2 Å². The van der Waals surface area contributed by atoms with E-state index in [-0.39, 0.29) is 29.7 Å². The van der Waals surface area contributed by atoms with Crippen LogP contribution in [0.4, 0.5) is 5.00 Å². The normalized spacial score (nSPS) is 31.6. The average Bonchev–Trinajstić information content (AvgIpc) is 3.50. The topological polar surface area (TPSA) is 95.5 Å². The first-order valence-electron chi connectivity index (χ1n) is 11.6. The van der Waals surface area contributed by atoms with Crippen molar-refractivity contribution in [1.82, 2.24) is 5.32 Å². The third kappa shape index (κ3) is 3.71. The molecule has 0 radical (unpaired) electrons. The molecule has 5 rings (SSSR count). The van der Waals surface area contributed by atoms with E-state index < -0.39 is 17.8 Å². The zero-order chi connectivity index (χ0) is 21.7. The molecule has 2 bridgehead atoms.